The van der Waals surface area contributed by atoms with Crippen molar-refractivity contribution in [2.24, 2.45) is 21.5 Å². The summed E-state index contributed by atoms with van der Waals surface area (Å²) in [4.78, 5) is 9.72. The number of hydrogen-bond donors (Lipinski definition) is 3. The van der Waals surface area contributed by atoms with E-state index in [4.69, 9.17) is 11.5 Å². The van der Waals surface area contributed by atoms with Gasteiger partial charge in [0, 0.05) is 5.56 Å². The average Bonchev–Trinajstić information content (AvgIpc) is 2.51. The number of aliphatic hydroxyl groups is 1. The zero-order valence-electron chi connectivity index (χ0n) is 12.6. The first kappa shape index (κ1) is 15.7. The highest BCUT2D eigenvalue weighted by molar-refractivity contribution is 6.06. The van der Waals surface area contributed by atoms with Gasteiger partial charge in [-0.2, -0.15) is 4.99 Å². The Hall–Kier alpha value is -2.22. The molecule has 1 aliphatic carbocycles. The molecule has 1 saturated carbocycles. The molecule has 3 rings (SSSR count). The summed E-state index contributed by atoms with van der Waals surface area (Å²) in [6.45, 7) is -0.453. The van der Waals surface area contributed by atoms with Gasteiger partial charge in [0.2, 0.25) is 11.9 Å². The Kier molecular flexibility index (Phi) is 3.93. The normalized spacial score (nSPS) is 20.4. The molecule has 8 heteroatoms. The first-order chi connectivity index (χ1) is 11.0. The van der Waals surface area contributed by atoms with E-state index in [1.54, 1.807) is 0 Å². The van der Waals surface area contributed by atoms with Crippen LogP contribution in [0.25, 0.3) is 0 Å². The first-order valence-corrected chi connectivity index (χ1v) is 7.56. The van der Waals surface area contributed by atoms with Crippen LogP contribution >= 0.6 is 0 Å². The van der Waals surface area contributed by atoms with E-state index in [0.29, 0.717) is 12.8 Å². The van der Waals surface area contributed by atoms with Crippen molar-refractivity contribution in [2.45, 2.75) is 44.4 Å². The lowest BCUT2D eigenvalue weighted by molar-refractivity contribution is 0.276. The van der Waals surface area contributed by atoms with Gasteiger partial charge in [0.15, 0.2) is 11.6 Å². The summed E-state index contributed by atoms with van der Waals surface area (Å²) in [5, 5.41) is 9.53. The fourth-order valence-corrected chi connectivity index (χ4v) is 3.39. The number of halogens is 2. The van der Waals surface area contributed by atoms with Gasteiger partial charge < -0.3 is 16.6 Å². The molecule has 0 aromatic heterocycles. The van der Waals surface area contributed by atoms with Crippen LogP contribution in [0.2, 0.25) is 0 Å². The summed E-state index contributed by atoms with van der Waals surface area (Å²) in [6.07, 6.45) is 3.97. The van der Waals surface area contributed by atoms with Crippen molar-refractivity contribution in [2.75, 3.05) is 4.90 Å². The number of rotatable bonds is 2. The van der Waals surface area contributed by atoms with E-state index in [1.165, 1.54) is 11.0 Å². The van der Waals surface area contributed by atoms with Crippen LogP contribution in [0.1, 0.15) is 37.7 Å². The first-order valence-electron chi connectivity index (χ1n) is 7.56. The van der Waals surface area contributed by atoms with Crippen LogP contribution in [0.4, 0.5) is 14.5 Å². The third-order valence-electron chi connectivity index (χ3n) is 4.40. The third-order valence-corrected chi connectivity index (χ3v) is 4.40. The lowest BCUT2D eigenvalue weighted by Crippen LogP contribution is -2.59. The van der Waals surface area contributed by atoms with Crippen molar-refractivity contribution in [1.82, 2.24) is 0 Å². The van der Waals surface area contributed by atoms with Gasteiger partial charge in [0.1, 0.15) is 5.66 Å². The Balaban J connectivity index is 2.20. The molecule has 6 nitrogen and oxygen atoms in total. The van der Waals surface area contributed by atoms with Gasteiger partial charge >= 0.3 is 0 Å². The number of nitrogens with two attached hydrogens (primary N) is 2. The van der Waals surface area contributed by atoms with Crippen LogP contribution in [0.15, 0.2) is 22.1 Å². The van der Waals surface area contributed by atoms with E-state index in [9.17, 15) is 13.9 Å². The van der Waals surface area contributed by atoms with Crippen molar-refractivity contribution in [3.05, 3.63) is 29.3 Å². The van der Waals surface area contributed by atoms with Crippen LogP contribution in [0.3, 0.4) is 0 Å². The van der Waals surface area contributed by atoms with Crippen molar-refractivity contribution in [3.8, 4) is 0 Å². The quantitative estimate of drug-likeness (QED) is 0.769. The van der Waals surface area contributed by atoms with Gasteiger partial charge in [-0.1, -0.05) is 12.5 Å². The monoisotopic (exact) mass is 323 g/mol. The summed E-state index contributed by atoms with van der Waals surface area (Å²) in [7, 11) is 0. The number of aliphatic imine (C=N–C) groups is 2. The molecule has 0 amide bonds. The Morgan fingerprint density at radius 2 is 1.87 bits per heavy atom. The standard InChI is InChI=1S/C15H19F2N5O/c16-10-5-4-9(8-23)12(11(10)17)22-14(19)20-13(18)21-15(22)6-2-1-3-7-15/h4-5,23H,1-3,6-8H2,(H4,18,19,20,21). The second-order valence-corrected chi connectivity index (χ2v) is 5.85. The third kappa shape index (κ3) is 2.52. The summed E-state index contributed by atoms with van der Waals surface area (Å²) >= 11 is 0. The van der Waals surface area contributed by atoms with Gasteiger partial charge in [-0.05, 0) is 31.7 Å². The molecular weight excluding hydrogens is 304 g/mol. The van der Waals surface area contributed by atoms with Crippen molar-refractivity contribution < 1.29 is 13.9 Å². The van der Waals surface area contributed by atoms with Crippen molar-refractivity contribution in [1.29, 1.82) is 0 Å². The molecular formula is C15H19F2N5O. The minimum Gasteiger partial charge on any atom is -0.392 e. The molecule has 0 radical (unpaired) electrons. The predicted molar refractivity (Wildman–Crippen MR) is 83.8 cm³/mol. The highest BCUT2D eigenvalue weighted by atomic mass is 19.2. The molecule has 124 valence electrons. The fraction of sp³-hybridized carbons (Fsp3) is 0.467. The number of benzene rings is 1. The van der Waals surface area contributed by atoms with E-state index in [1.807, 2.05) is 0 Å². The minimum atomic E-state index is -1.07. The number of aliphatic hydroxyl groups excluding tert-OH is 1. The zero-order valence-corrected chi connectivity index (χ0v) is 12.6. The molecule has 2 aliphatic rings. The Labute approximate surface area is 132 Å². The largest absolute Gasteiger partial charge is 0.392 e. The van der Waals surface area contributed by atoms with E-state index in [2.05, 4.69) is 9.98 Å². The van der Waals surface area contributed by atoms with Gasteiger partial charge in [0.05, 0.1) is 12.3 Å². The van der Waals surface area contributed by atoms with Crippen molar-refractivity contribution >= 4 is 17.6 Å². The Bertz CT molecular complexity index is 683. The molecule has 0 saturated heterocycles. The second-order valence-electron chi connectivity index (χ2n) is 5.85. The topological polar surface area (TPSA) is 100 Å². The van der Waals surface area contributed by atoms with E-state index in [-0.39, 0.29) is 23.2 Å². The maximum absolute atomic E-state index is 14.5. The number of nitrogens with zero attached hydrogens (tertiary/aromatic N) is 3. The molecule has 23 heavy (non-hydrogen) atoms. The lowest BCUT2D eigenvalue weighted by atomic mass is 9.87. The van der Waals surface area contributed by atoms with Crippen LogP contribution in [-0.2, 0) is 6.61 Å². The molecule has 1 fully saturated rings. The summed E-state index contributed by atoms with van der Waals surface area (Å²) in [6, 6.07) is 2.31. The molecule has 5 N–H and O–H groups in total. The van der Waals surface area contributed by atoms with E-state index < -0.39 is 23.9 Å². The zero-order chi connectivity index (χ0) is 16.6. The summed E-state index contributed by atoms with van der Waals surface area (Å²) in [5.74, 6) is -2.10. The Morgan fingerprint density at radius 1 is 1.17 bits per heavy atom. The predicted octanol–water partition coefficient (Wildman–Crippen LogP) is 1.57. The van der Waals surface area contributed by atoms with Crippen LogP contribution < -0.4 is 16.4 Å². The average molecular weight is 323 g/mol. The SMILES string of the molecule is NC1=NC2(CCCCC2)N(c2c(CO)ccc(F)c2F)C(N)=N1. The highest BCUT2D eigenvalue weighted by Crippen LogP contribution is 2.41. The van der Waals surface area contributed by atoms with Gasteiger partial charge in [-0.25, -0.2) is 13.8 Å². The maximum Gasteiger partial charge on any atom is 0.220 e. The van der Waals surface area contributed by atoms with E-state index >= 15 is 0 Å². The molecule has 1 aromatic rings. The number of guanidine groups is 2. The van der Waals surface area contributed by atoms with Gasteiger partial charge in [0.25, 0.3) is 0 Å². The number of hydrogen-bond acceptors (Lipinski definition) is 6. The smallest absolute Gasteiger partial charge is 0.220 e. The minimum absolute atomic E-state index is 0.0306. The molecule has 1 aromatic carbocycles. The lowest BCUT2D eigenvalue weighted by Gasteiger charge is -2.46. The molecule has 0 unspecified atom stereocenters. The van der Waals surface area contributed by atoms with Crippen LogP contribution in [0, 0.1) is 11.6 Å². The molecule has 0 bridgehead atoms. The maximum atomic E-state index is 14.5. The van der Waals surface area contributed by atoms with Crippen molar-refractivity contribution in [3.63, 3.8) is 0 Å². The van der Waals surface area contributed by atoms with Gasteiger partial charge in [-0.15, -0.1) is 0 Å². The molecule has 1 spiro atoms. The van der Waals surface area contributed by atoms with E-state index in [0.717, 1.165) is 25.3 Å². The fourth-order valence-electron chi connectivity index (χ4n) is 3.39. The summed E-state index contributed by atoms with van der Waals surface area (Å²) < 4.78 is 28.3. The van der Waals surface area contributed by atoms with Crippen LogP contribution in [-0.4, -0.2) is 22.7 Å². The molecule has 1 aliphatic heterocycles. The Morgan fingerprint density at radius 3 is 2.52 bits per heavy atom. The van der Waals surface area contributed by atoms with Crippen LogP contribution in [0.5, 0.6) is 0 Å². The molecule has 0 atom stereocenters. The number of anilines is 1. The van der Waals surface area contributed by atoms with Gasteiger partial charge in [-0.3, -0.25) is 4.90 Å². The second kappa shape index (κ2) is 5.77. The summed E-state index contributed by atoms with van der Waals surface area (Å²) in [5.41, 5.74) is 11.0. The highest BCUT2D eigenvalue weighted by Gasteiger charge is 2.44. The molecule has 1 heterocycles.